The summed E-state index contributed by atoms with van der Waals surface area (Å²) >= 11 is 0. The number of halogens is 2. The molecule has 0 bridgehead atoms. The summed E-state index contributed by atoms with van der Waals surface area (Å²) in [4.78, 5) is -0.296. The molecular formula is C9H11ClFNO2S. The molecule has 6 heteroatoms. The lowest BCUT2D eigenvalue weighted by Crippen LogP contribution is -2.01. The quantitative estimate of drug-likeness (QED) is 0.812. The maximum atomic E-state index is 12.5. The van der Waals surface area contributed by atoms with Gasteiger partial charge in [0, 0.05) is 12.0 Å². The van der Waals surface area contributed by atoms with Crippen LogP contribution in [0.15, 0.2) is 29.2 Å². The first-order chi connectivity index (χ1) is 6.48. The average Bonchev–Trinajstić information content (AvgIpc) is 2.81. The largest absolute Gasteiger partial charge is 0.332 e. The molecule has 1 fully saturated rings. The fourth-order valence-corrected chi connectivity index (χ4v) is 1.94. The fraction of sp³-hybridized carbons (Fsp3) is 0.333. The highest BCUT2D eigenvalue weighted by Crippen LogP contribution is 2.39. The van der Waals surface area contributed by atoms with E-state index >= 15 is 0 Å². The molecule has 0 radical (unpaired) electrons. The Morgan fingerprint density at radius 3 is 2.07 bits per heavy atom. The Hall–Kier alpha value is -0.650. The van der Waals surface area contributed by atoms with Gasteiger partial charge in [-0.1, -0.05) is 12.1 Å². The predicted molar refractivity (Wildman–Crippen MR) is 57.3 cm³/mol. The molecule has 0 aromatic heterocycles. The molecule has 2 N–H and O–H groups in total. The molecule has 2 atom stereocenters. The van der Waals surface area contributed by atoms with E-state index in [4.69, 9.17) is 5.73 Å². The molecule has 0 spiro atoms. The van der Waals surface area contributed by atoms with Crippen LogP contribution in [0.25, 0.3) is 0 Å². The molecule has 1 aliphatic carbocycles. The van der Waals surface area contributed by atoms with Crippen LogP contribution in [0.2, 0.25) is 0 Å². The highest BCUT2D eigenvalue weighted by atomic mass is 35.5. The van der Waals surface area contributed by atoms with Crippen LogP contribution in [-0.4, -0.2) is 14.5 Å². The molecule has 0 unspecified atom stereocenters. The van der Waals surface area contributed by atoms with E-state index < -0.39 is 10.2 Å². The van der Waals surface area contributed by atoms with E-state index in [0.29, 0.717) is 5.92 Å². The molecular weight excluding hydrogens is 241 g/mol. The van der Waals surface area contributed by atoms with E-state index in [1.54, 1.807) is 12.1 Å². The van der Waals surface area contributed by atoms with Crippen LogP contribution in [0.5, 0.6) is 0 Å². The second-order valence-corrected chi connectivity index (χ2v) is 4.86. The normalized spacial score (nSPS) is 24.4. The Morgan fingerprint density at radius 1 is 1.27 bits per heavy atom. The molecule has 0 amide bonds. The third kappa shape index (κ3) is 2.68. The van der Waals surface area contributed by atoms with Crippen molar-refractivity contribution in [3.63, 3.8) is 0 Å². The molecule has 3 nitrogen and oxygen atoms in total. The molecule has 1 saturated carbocycles. The average molecular weight is 252 g/mol. The Kier molecular flexibility index (Phi) is 3.38. The van der Waals surface area contributed by atoms with Gasteiger partial charge in [-0.25, -0.2) is 0 Å². The standard InChI is InChI=1S/C9H10FNO2S.ClH/c10-14(12,13)7-3-1-6(2-4-7)8-5-9(8)11;/h1-4,8-9H,5,11H2;1H/t8-,9+;/m0./s1. The van der Waals surface area contributed by atoms with Crippen LogP contribution in [0, 0.1) is 0 Å². The SMILES string of the molecule is Cl.N[C@@H]1C[C@H]1c1ccc(S(=O)(=O)F)cc1. The summed E-state index contributed by atoms with van der Waals surface area (Å²) in [7, 11) is -4.57. The summed E-state index contributed by atoms with van der Waals surface area (Å²) < 4.78 is 33.5. The van der Waals surface area contributed by atoms with Crippen molar-refractivity contribution in [2.75, 3.05) is 0 Å². The predicted octanol–water partition coefficient (Wildman–Crippen LogP) is 1.58. The molecule has 84 valence electrons. The van der Waals surface area contributed by atoms with Crippen molar-refractivity contribution in [2.45, 2.75) is 23.3 Å². The number of hydrogen-bond donors (Lipinski definition) is 1. The van der Waals surface area contributed by atoms with Crippen LogP contribution in [-0.2, 0) is 10.2 Å². The molecule has 0 saturated heterocycles. The molecule has 0 heterocycles. The van der Waals surface area contributed by atoms with Gasteiger partial charge in [-0.05, 0) is 24.1 Å². The lowest BCUT2D eigenvalue weighted by Gasteiger charge is -1.99. The van der Waals surface area contributed by atoms with E-state index in [-0.39, 0.29) is 23.3 Å². The van der Waals surface area contributed by atoms with Gasteiger partial charge in [-0.15, -0.1) is 16.3 Å². The second-order valence-electron chi connectivity index (χ2n) is 3.51. The highest BCUT2D eigenvalue weighted by Gasteiger charge is 2.34. The molecule has 1 aliphatic rings. The molecule has 0 aliphatic heterocycles. The van der Waals surface area contributed by atoms with E-state index in [2.05, 4.69) is 0 Å². The summed E-state index contributed by atoms with van der Waals surface area (Å²) in [6.07, 6.45) is 0.918. The van der Waals surface area contributed by atoms with Crippen molar-refractivity contribution in [3.05, 3.63) is 29.8 Å². The van der Waals surface area contributed by atoms with Crippen molar-refractivity contribution < 1.29 is 12.3 Å². The van der Waals surface area contributed by atoms with Crippen LogP contribution < -0.4 is 5.73 Å². The Labute approximate surface area is 94.1 Å². The van der Waals surface area contributed by atoms with Crippen LogP contribution in [0.4, 0.5) is 3.89 Å². The zero-order chi connectivity index (χ0) is 10.3. The van der Waals surface area contributed by atoms with E-state index in [9.17, 15) is 12.3 Å². The van der Waals surface area contributed by atoms with Crippen LogP contribution in [0.3, 0.4) is 0 Å². The maximum Gasteiger partial charge on any atom is 0.332 e. The summed E-state index contributed by atoms with van der Waals surface area (Å²) in [5, 5.41) is 0. The summed E-state index contributed by atoms with van der Waals surface area (Å²) in [6.45, 7) is 0. The van der Waals surface area contributed by atoms with Gasteiger partial charge >= 0.3 is 10.2 Å². The van der Waals surface area contributed by atoms with Gasteiger partial charge in [-0.3, -0.25) is 0 Å². The third-order valence-electron chi connectivity index (χ3n) is 2.43. The topological polar surface area (TPSA) is 60.2 Å². The number of rotatable bonds is 2. The maximum absolute atomic E-state index is 12.5. The van der Waals surface area contributed by atoms with Crippen LogP contribution in [0.1, 0.15) is 17.9 Å². The van der Waals surface area contributed by atoms with Crippen LogP contribution >= 0.6 is 12.4 Å². The first-order valence-electron chi connectivity index (χ1n) is 4.28. The van der Waals surface area contributed by atoms with Gasteiger partial charge in [0.2, 0.25) is 0 Å². The van der Waals surface area contributed by atoms with Gasteiger partial charge in [0.05, 0.1) is 4.90 Å². The number of hydrogen-bond acceptors (Lipinski definition) is 3. The first-order valence-corrected chi connectivity index (χ1v) is 5.67. The first kappa shape index (κ1) is 12.4. The highest BCUT2D eigenvalue weighted by molar-refractivity contribution is 7.86. The lowest BCUT2D eigenvalue weighted by atomic mass is 10.1. The van der Waals surface area contributed by atoms with Crippen molar-refractivity contribution in [1.82, 2.24) is 0 Å². The Morgan fingerprint density at radius 2 is 1.73 bits per heavy atom. The van der Waals surface area contributed by atoms with Gasteiger partial charge in [0.25, 0.3) is 0 Å². The third-order valence-corrected chi connectivity index (χ3v) is 3.26. The fourth-order valence-electron chi connectivity index (χ4n) is 1.48. The number of benzene rings is 1. The van der Waals surface area contributed by atoms with Crippen molar-refractivity contribution in [2.24, 2.45) is 5.73 Å². The zero-order valence-electron chi connectivity index (χ0n) is 7.76. The summed E-state index contributed by atoms with van der Waals surface area (Å²) in [6, 6.07) is 5.95. The smallest absolute Gasteiger partial charge is 0.327 e. The minimum atomic E-state index is -4.57. The lowest BCUT2D eigenvalue weighted by molar-refractivity contribution is 0.552. The molecule has 1 aromatic carbocycles. The summed E-state index contributed by atoms with van der Waals surface area (Å²) in [5.74, 6) is 0.311. The van der Waals surface area contributed by atoms with Gasteiger partial charge in [-0.2, -0.15) is 8.42 Å². The monoisotopic (exact) mass is 251 g/mol. The minimum absolute atomic E-state index is 0. The molecule has 2 rings (SSSR count). The van der Waals surface area contributed by atoms with E-state index in [1.807, 2.05) is 0 Å². The molecule has 1 aromatic rings. The minimum Gasteiger partial charge on any atom is -0.327 e. The van der Waals surface area contributed by atoms with Gasteiger partial charge < -0.3 is 5.73 Å². The Balaban J connectivity index is 0.00000112. The van der Waals surface area contributed by atoms with Crippen molar-refractivity contribution >= 4 is 22.6 Å². The van der Waals surface area contributed by atoms with E-state index in [0.717, 1.165) is 12.0 Å². The van der Waals surface area contributed by atoms with Crippen molar-refractivity contribution in [1.29, 1.82) is 0 Å². The van der Waals surface area contributed by atoms with Gasteiger partial charge in [0.1, 0.15) is 0 Å². The van der Waals surface area contributed by atoms with Crippen molar-refractivity contribution in [3.8, 4) is 0 Å². The van der Waals surface area contributed by atoms with Gasteiger partial charge in [0.15, 0.2) is 0 Å². The Bertz CT molecular complexity index is 446. The number of nitrogens with two attached hydrogens (primary N) is 1. The zero-order valence-corrected chi connectivity index (χ0v) is 9.39. The second kappa shape index (κ2) is 4.08. The summed E-state index contributed by atoms with van der Waals surface area (Å²) in [5.41, 5.74) is 6.61. The molecule has 15 heavy (non-hydrogen) atoms. The van der Waals surface area contributed by atoms with E-state index in [1.165, 1.54) is 12.1 Å².